The van der Waals surface area contributed by atoms with Crippen molar-refractivity contribution in [2.75, 3.05) is 23.7 Å². The van der Waals surface area contributed by atoms with Gasteiger partial charge in [0.2, 0.25) is 0 Å². The number of thioether (sulfide) groups is 1. The highest BCUT2D eigenvalue weighted by molar-refractivity contribution is 8.13. The highest BCUT2D eigenvalue weighted by Crippen LogP contribution is 2.39. The molecule has 0 saturated carbocycles. The van der Waals surface area contributed by atoms with E-state index in [0.717, 1.165) is 39.5 Å². The highest BCUT2D eigenvalue weighted by atomic mass is 35.5. The lowest BCUT2D eigenvalue weighted by molar-refractivity contribution is -0.655. The van der Waals surface area contributed by atoms with E-state index in [2.05, 4.69) is 9.48 Å². The van der Waals surface area contributed by atoms with Crippen LogP contribution >= 0.6 is 34.7 Å². The molecule has 0 fully saturated rings. The number of nitrogens with zero attached hydrogens (tertiary/aromatic N) is 2. The molecule has 0 radical (unpaired) electrons. The third-order valence-electron chi connectivity index (χ3n) is 4.10. The number of thiophene rings is 1. The molecule has 2 aromatic rings. The van der Waals surface area contributed by atoms with Crippen molar-refractivity contribution >= 4 is 45.6 Å². The lowest BCUT2D eigenvalue weighted by Crippen LogP contribution is -2.40. The first-order valence-electron chi connectivity index (χ1n) is 7.25. The molecule has 6 heteroatoms. The van der Waals surface area contributed by atoms with Gasteiger partial charge < -0.3 is 5.11 Å². The predicted octanol–water partition coefficient (Wildman–Crippen LogP) is 3.57. The maximum atomic E-state index is 11.4. The van der Waals surface area contributed by atoms with E-state index in [0.29, 0.717) is 6.54 Å². The van der Waals surface area contributed by atoms with E-state index in [1.165, 1.54) is 0 Å². The van der Waals surface area contributed by atoms with Crippen molar-refractivity contribution in [3.05, 3.63) is 51.7 Å². The van der Waals surface area contributed by atoms with Crippen LogP contribution in [0.4, 0.5) is 5.69 Å². The number of hydrogen-bond acceptors (Lipinski definition) is 4. The first-order chi connectivity index (χ1) is 10.7. The molecule has 1 aromatic carbocycles. The third-order valence-corrected chi connectivity index (χ3v) is 6.55. The Hall–Kier alpha value is -1.01. The van der Waals surface area contributed by atoms with Gasteiger partial charge in [0.25, 0.3) is 5.72 Å². The molecule has 0 spiro atoms. The fraction of sp³-hybridized carbons (Fsp3) is 0.312. The van der Waals surface area contributed by atoms with Gasteiger partial charge in [-0.15, -0.1) is 11.3 Å². The summed E-state index contributed by atoms with van der Waals surface area (Å²) < 4.78 is 2.15. The molecular formula is C16H16ClN2OS2+. The second-order valence-corrected chi connectivity index (χ2v) is 7.94. The average Bonchev–Trinajstić information content (AvgIpc) is 3.17. The van der Waals surface area contributed by atoms with E-state index in [-0.39, 0.29) is 0 Å². The minimum absolute atomic E-state index is 0.553. The molecular weight excluding hydrogens is 336 g/mol. The Balaban J connectivity index is 1.79. The van der Waals surface area contributed by atoms with Gasteiger partial charge in [-0.05, 0) is 53.9 Å². The molecule has 0 bridgehead atoms. The lowest BCUT2D eigenvalue weighted by atomic mass is 10.1. The minimum atomic E-state index is -0.934. The van der Waals surface area contributed by atoms with Crippen LogP contribution in [0.25, 0.3) is 0 Å². The van der Waals surface area contributed by atoms with Crippen LogP contribution in [0.5, 0.6) is 0 Å². The van der Waals surface area contributed by atoms with Crippen LogP contribution in [0.2, 0.25) is 5.02 Å². The van der Waals surface area contributed by atoms with Crippen LogP contribution in [0.1, 0.15) is 11.3 Å². The zero-order chi connectivity index (χ0) is 15.2. The van der Waals surface area contributed by atoms with E-state index >= 15 is 0 Å². The Morgan fingerprint density at radius 2 is 2.05 bits per heavy atom. The summed E-state index contributed by atoms with van der Waals surface area (Å²) in [5.74, 6) is 1.09. The average molecular weight is 352 g/mol. The number of aliphatic hydroxyl groups is 1. The number of benzene rings is 1. The van der Waals surface area contributed by atoms with E-state index in [1.54, 1.807) is 11.3 Å². The van der Waals surface area contributed by atoms with Crippen LogP contribution in [0.3, 0.4) is 0 Å². The quantitative estimate of drug-likeness (QED) is 0.838. The van der Waals surface area contributed by atoms with Gasteiger partial charge in [0.1, 0.15) is 5.69 Å². The third kappa shape index (κ3) is 2.27. The second kappa shape index (κ2) is 5.57. The van der Waals surface area contributed by atoms with Crippen LogP contribution in [-0.4, -0.2) is 33.7 Å². The molecule has 3 heterocycles. The number of rotatable bonds is 2. The van der Waals surface area contributed by atoms with Gasteiger partial charge in [0.15, 0.2) is 6.54 Å². The van der Waals surface area contributed by atoms with Crippen molar-refractivity contribution < 1.29 is 9.68 Å². The maximum Gasteiger partial charge on any atom is 0.316 e. The zero-order valence-electron chi connectivity index (χ0n) is 11.9. The monoisotopic (exact) mass is 351 g/mol. The van der Waals surface area contributed by atoms with E-state index < -0.39 is 5.72 Å². The summed E-state index contributed by atoms with van der Waals surface area (Å²) in [6.45, 7) is 1.44. The first kappa shape index (κ1) is 14.6. The zero-order valence-corrected chi connectivity index (χ0v) is 14.3. The molecule has 2 aliphatic rings. The van der Waals surface area contributed by atoms with Crippen LogP contribution in [-0.2, 0) is 5.72 Å². The summed E-state index contributed by atoms with van der Waals surface area (Å²) in [5.41, 5.74) is 0.141. The molecule has 2 aliphatic heterocycles. The van der Waals surface area contributed by atoms with Crippen LogP contribution < -0.4 is 4.90 Å². The molecule has 0 saturated heterocycles. The van der Waals surface area contributed by atoms with Crippen molar-refractivity contribution in [2.45, 2.75) is 12.1 Å². The van der Waals surface area contributed by atoms with Crippen molar-refractivity contribution in [1.82, 2.24) is 0 Å². The number of anilines is 1. The molecule has 1 atom stereocenters. The van der Waals surface area contributed by atoms with Gasteiger partial charge in [-0.2, -0.15) is 0 Å². The lowest BCUT2D eigenvalue weighted by Gasteiger charge is -2.22. The van der Waals surface area contributed by atoms with E-state index in [4.69, 9.17) is 11.6 Å². The summed E-state index contributed by atoms with van der Waals surface area (Å²) in [7, 11) is 0. The summed E-state index contributed by atoms with van der Waals surface area (Å²) in [6, 6.07) is 11.9. The molecule has 22 heavy (non-hydrogen) atoms. The fourth-order valence-electron chi connectivity index (χ4n) is 3.04. The Morgan fingerprint density at radius 1 is 1.23 bits per heavy atom. The molecule has 3 nitrogen and oxygen atoms in total. The molecule has 1 N–H and O–H groups in total. The summed E-state index contributed by atoms with van der Waals surface area (Å²) >= 11 is 9.44. The largest absolute Gasteiger partial charge is 0.346 e. The summed E-state index contributed by atoms with van der Waals surface area (Å²) in [6.07, 6.45) is 1.09. The van der Waals surface area contributed by atoms with E-state index in [9.17, 15) is 5.11 Å². The second-order valence-electron chi connectivity index (χ2n) is 5.49. The summed E-state index contributed by atoms with van der Waals surface area (Å²) in [5, 5.41) is 15.3. The Labute approximate surface area is 142 Å². The topological polar surface area (TPSA) is 26.5 Å². The smallest absolute Gasteiger partial charge is 0.316 e. The molecule has 0 aliphatic carbocycles. The Bertz CT molecular complexity index is 714. The predicted molar refractivity (Wildman–Crippen MR) is 94.2 cm³/mol. The Morgan fingerprint density at radius 3 is 2.77 bits per heavy atom. The molecule has 4 rings (SSSR count). The number of amidine groups is 1. The van der Waals surface area contributed by atoms with Crippen LogP contribution in [0.15, 0.2) is 41.8 Å². The number of hydrogen-bond donors (Lipinski definition) is 1. The molecule has 1 aromatic heterocycles. The van der Waals surface area contributed by atoms with Gasteiger partial charge in [-0.1, -0.05) is 17.7 Å². The number of β-amino-alcohol motifs (C(OH)–C–C–N with tert-alkyl or cyclic N) is 1. The molecule has 114 valence electrons. The van der Waals surface area contributed by atoms with Crippen molar-refractivity contribution in [2.24, 2.45) is 0 Å². The normalized spacial score (nSPS) is 24.7. The SMILES string of the molecule is O[C@@]1(c2cccs2)CN(c2ccc(Cl)cc2)C2=[N+]1CCCS2. The summed E-state index contributed by atoms with van der Waals surface area (Å²) in [4.78, 5) is 3.21. The highest BCUT2D eigenvalue weighted by Gasteiger charge is 2.53. The maximum absolute atomic E-state index is 11.4. The first-order valence-corrected chi connectivity index (χ1v) is 9.50. The molecule has 0 amide bonds. The standard InChI is InChI=1S/C16H16ClN2OS2/c17-12-4-6-13(7-5-12)18-11-16(20,14-3-1-9-21-14)19-8-2-10-22-15(18)19/h1,3-7,9,20H,2,8,10-11H2/q+1/t16-/m1/s1. The molecule has 0 unspecified atom stereocenters. The van der Waals surface area contributed by atoms with Gasteiger partial charge in [-0.25, -0.2) is 9.48 Å². The van der Waals surface area contributed by atoms with Crippen molar-refractivity contribution in [1.29, 1.82) is 0 Å². The van der Waals surface area contributed by atoms with Crippen molar-refractivity contribution in [3.63, 3.8) is 0 Å². The van der Waals surface area contributed by atoms with Crippen LogP contribution in [0, 0.1) is 0 Å². The fourth-order valence-corrected chi connectivity index (χ4v) is 5.17. The van der Waals surface area contributed by atoms with Gasteiger partial charge in [0, 0.05) is 10.8 Å². The van der Waals surface area contributed by atoms with Gasteiger partial charge in [-0.3, -0.25) is 0 Å². The van der Waals surface area contributed by atoms with E-state index in [1.807, 2.05) is 53.5 Å². The minimum Gasteiger partial charge on any atom is -0.346 e. The number of halogens is 1. The van der Waals surface area contributed by atoms with Gasteiger partial charge in [0.05, 0.1) is 11.4 Å². The van der Waals surface area contributed by atoms with Gasteiger partial charge >= 0.3 is 5.17 Å². The Kier molecular flexibility index (Phi) is 3.69. The van der Waals surface area contributed by atoms with Crippen molar-refractivity contribution in [3.8, 4) is 0 Å².